The zero-order valence-corrected chi connectivity index (χ0v) is 13.9. The van der Waals surface area contributed by atoms with E-state index in [1.54, 1.807) is 12.1 Å². The normalized spacial score (nSPS) is 15.2. The largest absolute Gasteiger partial charge is 0.317 e. The van der Waals surface area contributed by atoms with Gasteiger partial charge >= 0.3 is 0 Å². The van der Waals surface area contributed by atoms with Crippen molar-refractivity contribution >= 4 is 0 Å². The molecule has 0 radical (unpaired) electrons. The Balaban J connectivity index is 2.63. The van der Waals surface area contributed by atoms with Crippen LogP contribution in [0, 0.1) is 24.1 Å². The molecule has 20 heavy (non-hydrogen) atoms. The summed E-state index contributed by atoms with van der Waals surface area (Å²) in [5, 5.41) is 3.42. The fourth-order valence-electron chi connectivity index (χ4n) is 3.07. The van der Waals surface area contributed by atoms with Gasteiger partial charge in [0.2, 0.25) is 0 Å². The number of likely N-dealkylation sites (N-methyl/N-ethyl adjacent to an activating group) is 1. The summed E-state index contributed by atoms with van der Waals surface area (Å²) in [6.07, 6.45) is 3.36. The predicted octanol–water partition coefficient (Wildman–Crippen LogP) is 4.73. The first-order valence-electron chi connectivity index (χ1n) is 7.63. The molecule has 0 aliphatic rings. The van der Waals surface area contributed by atoms with E-state index in [1.165, 1.54) is 12.0 Å². The first-order chi connectivity index (χ1) is 9.21. The summed E-state index contributed by atoms with van der Waals surface area (Å²) < 4.78 is 13.1. The zero-order valence-electron chi connectivity index (χ0n) is 13.9. The molecule has 1 N–H and O–H groups in total. The van der Waals surface area contributed by atoms with Crippen molar-refractivity contribution < 1.29 is 4.39 Å². The van der Waals surface area contributed by atoms with Crippen molar-refractivity contribution in [1.82, 2.24) is 5.32 Å². The van der Waals surface area contributed by atoms with Crippen LogP contribution in [0.2, 0.25) is 0 Å². The first kappa shape index (κ1) is 17.2. The molecule has 0 amide bonds. The van der Waals surface area contributed by atoms with Gasteiger partial charge in [-0.15, -0.1) is 0 Å². The molecule has 2 unspecified atom stereocenters. The lowest BCUT2D eigenvalue weighted by atomic mass is 9.82. The van der Waals surface area contributed by atoms with E-state index in [-0.39, 0.29) is 5.82 Å². The van der Waals surface area contributed by atoms with Crippen molar-refractivity contribution in [1.29, 1.82) is 0 Å². The Bertz CT molecular complexity index is 420. The summed E-state index contributed by atoms with van der Waals surface area (Å²) in [5.41, 5.74) is 2.67. The van der Waals surface area contributed by atoms with Crippen LogP contribution in [0.25, 0.3) is 0 Å². The Morgan fingerprint density at radius 2 is 1.90 bits per heavy atom. The summed E-state index contributed by atoms with van der Waals surface area (Å²) in [4.78, 5) is 0. The van der Waals surface area contributed by atoms with Gasteiger partial charge in [0.1, 0.15) is 5.82 Å². The van der Waals surface area contributed by atoms with Crippen LogP contribution in [-0.2, 0) is 6.42 Å². The average Bonchev–Trinajstić information content (AvgIpc) is 2.29. The smallest absolute Gasteiger partial charge is 0.123 e. The number of rotatable bonds is 6. The van der Waals surface area contributed by atoms with Gasteiger partial charge in [0.25, 0.3) is 0 Å². The van der Waals surface area contributed by atoms with Crippen molar-refractivity contribution in [2.24, 2.45) is 11.3 Å². The molecular formula is C18H30FN. The van der Waals surface area contributed by atoms with Gasteiger partial charge in [-0.05, 0) is 67.8 Å². The molecule has 114 valence electrons. The predicted molar refractivity (Wildman–Crippen MR) is 85.5 cm³/mol. The second-order valence-electron chi connectivity index (χ2n) is 7.37. The molecule has 0 heterocycles. The SMILES string of the molecule is CNC(Cc1ccc(F)cc1C)CC(C)CC(C)(C)C. The molecule has 1 rings (SSSR count). The van der Waals surface area contributed by atoms with Crippen molar-refractivity contribution in [2.75, 3.05) is 7.05 Å². The van der Waals surface area contributed by atoms with Gasteiger partial charge in [-0.1, -0.05) is 33.8 Å². The van der Waals surface area contributed by atoms with Gasteiger partial charge in [-0.25, -0.2) is 4.39 Å². The number of halogens is 1. The molecular weight excluding hydrogens is 249 g/mol. The Morgan fingerprint density at radius 1 is 1.25 bits per heavy atom. The number of nitrogens with one attached hydrogen (secondary N) is 1. The lowest BCUT2D eigenvalue weighted by Crippen LogP contribution is -2.30. The van der Waals surface area contributed by atoms with E-state index in [0.29, 0.717) is 17.4 Å². The number of hydrogen-bond donors (Lipinski definition) is 1. The average molecular weight is 279 g/mol. The Morgan fingerprint density at radius 3 is 2.40 bits per heavy atom. The Kier molecular flexibility index (Phi) is 6.19. The minimum Gasteiger partial charge on any atom is -0.317 e. The standard InChI is InChI=1S/C18H30FN/c1-13(12-18(3,4)5)9-17(20-6)11-15-7-8-16(19)10-14(15)2/h7-8,10,13,17,20H,9,11-12H2,1-6H3. The van der Waals surface area contributed by atoms with Crippen molar-refractivity contribution in [3.8, 4) is 0 Å². The van der Waals surface area contributed by atoms with Crippen LogP contribution >= 0.6 is 0 Å². The highest BCUT2D eigenvalue weighted by molar-refractivity contribution is 5.27. The highest BCUT2D eigenvalue weighted by Gasteiger charge is 2.19. The third-order valence-corrected chi connectivity index (χ3v) is 3.83. The van der Waals surface area contributed by atoms with Crippen LogP contribution in [0.5, 0.6) is 0 Å². The second kappa shape index (κ2) is 7.21. The molecule has 0 saturated heterocycles. The fraction of sp³-hybridized carbons (Fsp3) is 0.667. The highest BCUT2D eigenvalue weighted by atomic mass is 19.1. The van der Waals surface area contributed by atoms with Crippen molar-refractivity contribution in [3.05, 3.63) is 35.1 Å². The molecule has 2 heteroatoms. The number of hydrogen-bond acceptors (Lipinski definition) is 1. The van der Waals surface area contributed by atoms with Gasteiger partial charge < -0.3 is 5.32 Å². The molecule has 1 aromatic rings. The molecule has 0 fully saturated rings. The molecule has 0 saturated carbocycles. The van der Waals surface area contributed by atoms with Crippen LogP contribution < -0.4 is 5.32 Å². The summed E-state index contributed by atoms with van der Waals surface area (Å²) in [6, 6.07) is 5.56. The van der Waals surface area contributed by atoms with E-state index in [4.69, 9.17) is 0 Å². The molecule has 0 spiro atoms. The van der Waals surface area contributed by atoms with E-state index in [0.717, 1.165) is 18.4 Å². The van der Waals surface area contributed by atoms with Crippen LogP contribution in [0.15, 0.2) is 18.2 Å². The van der Waals surface area contributed by atoms with Crippen LogP contribution in [0.3, 0.4) is 0 Å². The third kappa shape index (κ3) is 6.04. The summed E-state index contributed by atoms with van der Waals surface area (Å²) >= 11 is 0. The van der Waals surface area contributed by atoms with E-state index in [1.807, 2.05) is 20.0 Å². The minimum atomic E-state index is -0.145. The number of benzene rings is 1. The summed E-state index contributed by atoms with van der Waals surface area (Å²) in [5.74, 6) is 0.543. The van der Waals surface area contributed by atoms with Crippen molar-refractivity contribution in [2.45, 2.75) is 59.9 Å². The lowest BCUT2D eigenvalue weighted by molar-refractivity contribution is 0.277. The molecule has 0 aliphatic heterocycles. The zero-order chi connectivity index (χ0) is 15.3. The van der Waals surface area contributed by atoms with E-state index in [9.17, 15) is 4.39 Å². The van der Waals surface area contributed by atoms with E-state index >= 15 is 0 Å². The fourth-order valence-corrected chi connectivity index (χ4v) is 3.07. The molecule has 0 bridgehead atoms. The van der Waals surface area contributed by atoms with E-state index < -0.39 is 0 Å². The highest BCUT2D eigenvalue weighted by Crippen LogP contribution is 2.27. The molecule has 1 aromatic carbocycles. The maximum atomic E-state index is 13.1. The Hall–Kier alpha value is -0.890. The van der Waals surface area contributed by atoms with Crippen LogP contribution in [0.4, 0.5) is 4.39 Å². The summed E-state index contributed by atoms with van der Waals surface area (Å²) in [7, 11) is 2.02. The monoisotopic (exact) mass is 279 g/mol. The van der Waals surface area contributed by atoms with Crippen LogP contribution in [0.1, 0.15) is 51.7 Å². The third-order valence-electron chi connectivity index (χ3n) is 3.83. The van der Waals surface area contributed by atoms with Crippen molar-refractivity contribution in [3.63, 3.8) is 0 Å². The maximum Gasteiger partial charge on any atom is 0.123 e. The molecule has 0 aromatic heterocycles. The van der Waals surface area contributed by atoms with Gasteiger partial charge in [0, 0.05) is 6.04 Å². The van der Waals surface area contributed by atoms with Gasteiger partial charge in [-0.3, -0.25) is 0 Å². The molecule has 1 nitrogen and oxygen atoms in total. The second-order valence-corrected chi connectivity index (χ2v) is 7.37. The maximum absolute atomic E-state index is 13.1. The first-order valence-corrected chi connectivity index (χ1v) is 7.63. The van der Waals surface area contributed by atoms with Gasteiger partial charge in [0.15, 0.2) is 0 Å². The summed E-state index contributed by atoms with van der Waals surface area (Å²) in [6.45, 7) is 11.2. The van der Waals surface area contributed by atoms with Crippen LogP contribution in [-0.4, -0.2) is 13.1 Å². The number of aryl methyl sites for hydroxylation is 1. The van der Waals surface area contributed by atoms with E-state index in [2.05, 4.69) is 33.0 Å². The topological polar surface area (TPSA) is 12.0 Å². The molecule has 0 aliphatic carbocycles. The molecule has 2 atom stereocenters. The minimum absolute atomic E-state index is 0.145. The Labute approximate surface area is 124 Å². The van der Waals surface area contributed by atoms with Gasteiger partial charge in [0.05, 0.1) is 0 Å². The quantitative estimate of drug-likeness (QED) is 0.794. The lowest BCUT2D eigenvalue weighted by Gasteiger charge is -2.27. The van der Waals surface area contributed by atoms with Gasteiger partial charge in [-0.2, -0.15) is 0 Å².